The molecule has 0 aliphatic carbocycles. The van der Waals surface area contributed by atoms with Crippen molar-refractivity contribution in [2.45, 2.75) is 39.0 Å². The van der Waals surface area contributed by atoms with E-state index in [2.05, 4.69) is 32.0 Å². The Morgan fingerprint density at radius 1 is 1.27 bits per heavy atom. The first-order valence-electron chi connectivity index (χ1n) is 9.83. The Bertz CT molecular complexity index is 577. The van der Waals surface area contributed by atoms with Crippen LogP contribution >= 0.6 is 0 Å². The van der Waals surface area contributed by atoms with Crippen LogP contribution in [0.15, 0.2) is 0 Å². The van der Waals surface area contributed by atoms with Gasteiger partial charge in [-0.1, -0.05) is 13.3 Å². The molecule has 0 unspecified atom stereocenters. The number of hydrogen-bond donors (Lipinski definition) is 3. The lowest BCUT2D eigenvalue weighted by molar-refractivity contribution is 0.145. The molecule has 146 valence electrons. The first-order chi connectivity index (χ1) is 12.7. The number of aliphatic hydroxyl groups excluding tert-OH is 1. The van der Waals surface area contributed by atoms with Gasteiger partial charge in [-0.3, -0.25) is 0 Å². The van der Waals surface area contributed by atoms with Gasteiger partial charge >= 0.3 is 6.01 Å². The molecule has 3 rings (SSSR count). The zero-order valence-electron chi connectivity index (χ0n) is 15.8. The fraction of sp³-hybridized carbons (Fsp3) is 0.778. The van der Waals surface area contributed by atoms with Gasteiger partial charge in [0.1, 0.15) is 5.69 Å². The monoisotopic (exact) mass is 364 g/mol. The van der Waals surface area contributed by atoms with Crippen LogP contribution in [0.25, 0.3) is 0 Å². The van der Waals surface area contributed by atoms with E-state index in [1.165, 1.54) is 12.8 Å². The van der Waals surface area contributed by atoms with Gasteiger partial charge in [0.15, 0.2) is 11.6 Å². The first-order valence-corrected chi connectivity index (χ1v) is 9.83. The third kappa shape index (κ3) is 4.67. The molecule has 1 fully saturated rings. The molecule has 3 heterocycles. The summed E-state index contributed by atoms with van der Waals surface area (Å²) in [6.07, 6.45) is 5.60. The molecular weight excluding hydrogens is 332 g/mol. The van der Waals surface area contributed by atoms with Gasteiger partial charge in [-0.2, -0.15) is 9.97 Å². The van der Waals surface area contributed by atoms with Gasteiger partial charge in [-0.05, 0) is 44.7 Å². The van der Waals surface area contributed by atoms with Gasteiger partial charge in [0, 0.05) is 13.1 Å². The number of nitrogen functional groups attached to an aromatic ring is 1. The highest BCUT2D eigenvalue weighted by Crippen LogP contribution is 2.35. The topological polar surface area (TPSA) is 99.8 Å². The number of aliphatic hydroxyl groups is 1. The molecular formula is C18H32N6O2. The number of nitrogens with one attached hydrogen (secondary N) is 1. The second-order valence-corrected chi connectivity index (χ2v) is 7.19. The number of rotatable bonds is 9. The Balaban J connectivity index is 1.53. The Labute approximate surface area is 155 Å². The van der Waals surface area contributed by atoms with Crippen LogP contribution in [0.5, 0.6) is 6.01 Å². The lowest BCUT2D eigenvalue weighted by Crippen LogP contribution is -2.36. The standard InChI is InChI=1S/C18H32N6O2/c1-2-3-12-26-18-21-16(19)15-17(22-18)24(13-20-15)9-6-14-4-7-23(8-5-14)10-11-25/h14,20,25H,2-13H2,1H3,(H2,19,21,22). The van der Waals surface area contributed by atoms with E-state index in [1.807, 2.05) is 0 Å². The van der Waals surface area contributed by atoms with Crippen molar-refractivity contribution >= 4 is 17.3 Å². The van der Waals surface area contributed by atoms with Crippen molar-refractivity contribution in [1.29, 1.82) is 0 Å². The third-order valence-electron chi connectivity index (χ3n) is 5.30. The van der Waals surface area contributed by atoms with Gasteiger partial charge in [-0.25, -0.2) is 0 Å². The molecule has 0 bridgehead atoms. The lowest BCUT2D eigenvalue weighted by atomic mass is 9.93. The third-order valence-corrected chi connectivity index (χ3v) is 5.30. The van der Waals surface area contributed by atoms with Crippen molar-refractivity contribution in [3.63, 3.8) is 0 Å². The summed E-state index contributed by atoms with van der Waals surface area (Å²) in [5, 5.41) is 12.4. The summed E-state index contributed by atoms with van der Waals surface area (Å²) in [5.74, 6) is 2.05. The van der Waals surface area contributed by atoms with Crippen LogP contribution in [0.1, 0.15) is 39.0 Å². The SMILES string of the molecule is CCCCOc1nc(N)c2c(n1)N(CCC1CCN(CCO)CC1)CN2. The number of fused-ring (bicyclic) bond motifs is 1. The molecule has 8 heteroatoms. The van der Waals surface area contributed by atoms with Gasteiger partial charge in [0.2, 0.25) is 0 Å². The molecule has 4 N–H and O–H groups in total. The summed E-state index contributed by atoms with van der Waals surface area (Å²) in [4.78, 5) is 13.4. The first kappa shape index (κ1) is 19.0. The summed E-state index contributed by atoms with van der Waals surface area (Å²) in [6, 6.07) is 0.376. The van der Waals surface area contributed by atoms with E-state index in [-0.39, 0.29) is 6.61 Å². The zero-order valence-corrected chi connectivity index (χ0v) is 15.8. The number of nitrogens with two attached hydrogens (primary N) is 1. The summed E-state index contributed by atoms with van der Waals surface area (Å²) in [5.41, 5.74) is 6.90. The van der Waals surface area contributed by atoms with E-state index >= 15 is 0 Å². The number of unbranched alkanes of at least 4 members (excludes halogenated alkanes) is 1. The molecule has 0 radical (unpaired) electrons. The van der Waals surface area contributed by atoms with E-state index in [1.54, 1.807) is 0 Å². The highest BCUT2D eigenvalue weighted by atomic mass is 16.5. The Morgan fingerprint density at radius 2 is 2.08 bits per heavy atom. The molecule has 0 amide bonds. The largest absolute Gasteiger partial charge is 0.463 e. The maximum absolute atomic E-state index is 9.05. The number of nitrogens with zero attached hydrogens (tertiary/aromatic N) is 4. The molecule has 1 aromatic rings. The molecule has 0 saturated carbocycles. The van der Waals surface area contributed by atoms with E-state index in [9.17, 15) is 0 Å². The fourth-order valence-electron chi connectivity index (χ4n) is 3.63. The molecule has 1 saturated heterocycles. The number of ether oxygens (including phenoxy) is 1. The van der Waals surface area contributed by atoms with Crippen LogP contribution in [0.2, 0.25) is 0 Å². The van der Waals surface area contributed by atoms with Gasteiger partial charge in [0.25, 0.3) is 0 Å². The van der Waals surface area contributed by atoms with Gasteiger partial charge in [-0.15, -0.1) is 0 Å². The Hall–Kier alpha value is -1.80. The average molecular weight is 364 g/mol. The van der Waals surface area contributed by atoms with E-state index in [0.717, 1.165) is 69.5 Å². The predicted molar refractivity (Wildman–Crippen MR) is 104 cm³/mol. The molecule has 0 aromatic carbocycles. The maximum atomic E-state index is 9.05. The summed E-state index contributed by atoms with van der Waals surface area (Å²) >= 11 is 0. The molecule has 8 nitrogen and oxygen atoms in total. The second kappa shape index (κ2) is 9.23. The zero-order chi connectivity index (χ0) is 18.4. The summed E-state index contributed by atoms with van der Waals surface area (Å²) in [6.45, 7) is 7.65. The highest BCUT2D eigenvalue weighted by molar-refractivity contribution is 5.80. The van der Waals surface area contributed by atoms with Crippen molar-refractivity contribution in [1.82, 2.24) is 14.9 Å². The van der Waals surface area contributed by atoms with Crippen LogP contribution in [0.4, 0.5) is 17.3 Å². The molecule has 26 heavy (non-hydrogen) atoms. The van der Waals surface area contributed by atoms with Crippen LogP contribution in [-0.2, 0) is 0 Å². The average Bonchev–Trinajstić information content (AvgIpc) is 3.05. The molecule has 2 aliphatic heterocycles. The fourth-order valence-corrected chi connectivity index (χ4v) is 3.63. The minimum Gasteiger partial charge on any atom is -0.463 e. The van der Waals surface area contributed by atoms with Crippen LogP contribution in [-0.4, -0.2) is 66.0 Å². The number of aromatic nitrogens is 2. The quantitative estimate of drug-likeness (QED) is 0.567. The van der Waals surface area contributed by atoms with Crippen molar-refractivity contribution < 1.29 is 9.84 Å². The van der Waals surface area contributed by atoms with Gasteiger partial charge in [0.05, 0.1) is 19.9 Å². The van der Waals surface area contributed by atoms with Crippen molar-refractivity contribution in [3.8, 4) is 6.01 Å². The van der Waals surface area contributed by atoms with Crippen molar-refractivity contribution in [3.05, 3.63) is 0 Å². The van der Waals surface area contributed by atoms with Crippen LogP contribution < -0.4 is 20.7 Å². The van der Waals surface area contributed by atoms with Crippen molar-refractivity contribution in [2.75, 3.05) is 62.0 Å². The minimum atomic E-state index is 0.255. The van der Waals surface area contributed by atoms with E-state index in [0.29, 0.717) is 18.4 Å². The van der Waals surface area contributed by atoms with Crippen LogP contribution in [0.3, 0.4) is 0 Å². The normalized spacial score (nSPS) is 18.0. The second-order valence-electron chi connectivity index (χ2n) is 7.19. The van der Waals surface area contributed by atoms with Gasteiger partial charge < -0.3 is 30.7 Å². The Kier molecular flexibility index (Phi) is 6.73. The number of anilines is 3. The van der Waals surface area contributed by atoms with Crippen LogP contribution in [0, 0.1) is 5.92 Å². The summed E-state index contributed by atoms with van der Waals surface area (Å²) < 4.78 is 5.65. The Morgan fingerprint density at radius 3 is 2.81 bits per heavy atom. The number of likely N-dealkylation sites (tertiary alicyclic amines) is 1. The predicted octanol–water partition coefficient (Wildman–Crippen LogP) is 1.52. The van der Waals surface area contributed by atoms with E-state index in [4.69, 9.17) is 15.6 Å². The molecule has 2 aliphatic rings. The van der Waals surface area contributed by atoms with Crippen molar-refractivity contribution in [2.24, 2.45) is 5.92 Å². The molecule has 0 atom stereocenters. The smallest absolute Gasteiger partial charge is 0.320 e. The summed E-state index contributed by atoms with van der Waals surface area (Å²) in [7, 11) is 0. The number of hydrogen-bond acceptors (Lipinski definition) is 8. The molecule has 0 spiro atoms. The maximum Gasteiger partial charge on any atom is 0.320 e. The lowest BCUT2D eigenvalue weighted by Gasteiger charge is -2.32. The van der Waals surface area contributed by atoms with E-state index < -0.39 is 0 Å². The highest BCUT2D eigenvalue weighted by Gasteiger charge is 2.26. The molecule has 1 aromatic heterocycles. The minimum absolute atomic E-state index is 0.255. The number of β-amino-alcohol motifs (C(OH)–C–C–N with tert-alkyl or cyclic N) is 1. The number of piperidine rings is 1.